The van der Waals surface area contributed by atoms with Crippen molar-refractivity contribution in [2.24, 2.45) is 0 Å². The molecule has 0 spiro atoms. The molecular formula is C14H19N3O6. The summed E-state index contributed by atoms with van der Waals surface area (Å²) in [5.74, 6) is -1.22. The minimum absolute atomic E-state index is 0.0782. The van der Waals surface area contributed by atoms with Gasteiger partial charge in [-0.15, -0.1) is 0 Å². The van der Waals surface area contributed by atoms with E-state index in [0.29, 0.717) is 12.8 Å². The fourth-order valence-electron chi connectivity index (χ4n) is 1.30. The molecule has 0 saturated carbocycles. The maximum Gasteiger partial charge on any atom is 0.252 e. The van der Waals surface area contributed by atoms with Crippen LogP contribution in [0.1, 0.15) is 12.0 Å². The van der Waals surface area contributed by atoms with Gasteiger partial charge in [-0.1, -0.05) is 30.3 Å². The van der Waals surface area contributed by atoms with Crippen LogP contribution in [-0.4, -0.2) is 42.9 Å². The van der Waals surface area contributed by atoms with Crippen LogP contribution in [0, 0.1) is 0 Å². The van der Waals surface area contributed by atoms with E-state index in [4.69, 9.17) is 5.21 Å². The predicted molar refractivity (Wildman–Crippen MR) is 78.9 cm³/mol. The fourth-order valence-corrected chi connectivity index (χ4v) is 1.30. The molecule has 0 radical (unpaired) electrons. The molecule has 0 aliphatic heterocycles. The van der Waals surface area contributed by atoms with Gasteiger partial charge >= 0.3 is 0 Å². The number of hydrogen-bond acceptors (Lipinski definition) is 6. The van der Waals surface area contributed by atoms with Crippen molar-refractivity contribution in [3.05, 3.63) is 35.9 Å². The second-order valence-electron chi connectivity index (χ2n) is 4.11. The molecule has 1 aromatic rings. The van der Waals surface area contributed by atoms with Crippen LogP contribution < -0.4 is 16.3 Å². The van der Waals surface area contributed by atoms with Crippen LogP contribution in [0.2, 0.25) is 0 Å². The number of ketones is 1. The van der Waals surface area contributed by atoms with Crippen molar-refractivity contribution in [1.29, 1.82) is 0 Å². The van der Waals surface area contributed by atoms with Gasteiger partial charge in [0.25, 0.3) is 5.91 Å². The number of hydroxylamine groups is 2. The van der Waals surface area contributed by atoms with Crippen LogP contribution in [-0.2, 0) is 30.4 Å². The second-order valence-corrected chi connectivity index (χ2v) is 4.11. The summed E-state index contributed by atoms with van der Waals surface area (Å²) < 4.78 is 0. The third kappa shape index (κ3) is 11.5. The highest BCUT2D eigenvalue weighted by molar-refractivity contribution is 5.96. The third-order valence-corrected chi connectivity index (χ3v) is 2.33. The van der Waals surface area contributed by atoms with Gasteiger partial charge in [0.2, 0.25) is 12.3 Å². The maximum absolute atomic E-state index is 11.2. The summed E-state index contributed by atoms with van der Waals surface area (Å²) in [5, 5.41) is 10.1. The van der Waals surface area contributed by atoms with E-state index in [1.54, 1.807) is 0 Å². The standard InChI is InChI=1S/C10H11NO3.C4H8N2O3/c12-8-11-14-7-10(13)6-9-4-2-1-3-5-9;1-5-3(7)2-4(8)6-9/h1-5,8H,6-7H2,(H,11,12);9H,2H2,1H3,(H,5,7)(H,6,8). The summed E-state index contributed by atoms with van der Waals surface area (Å²) in [5.41, 5.74) is 4.23. The quantitative estimate of drug-likeness (QED) is 0.161. The van der Waals surface area contributed by atoms with E-state index in [2.05, 4.69) is 10.2 Å². The number of carbonyl (C=O) groups is 4. The minimum atomic E-state index is -0.714. The maximum atomic E-state index is 11.2. The molecule has 0 aliphatic carbocycles. The van der Waals surface area contributed by atoms with E-state index in [1.165, 1.54) is 12.5 Å². The Bertz CT molecular complexity index is 492. The second kappa shape index (κ2) is 12.9. The number of hydrogen-bond donors (Lipinski definition) is 4. The third-order valence-electron chi connectivity index (χ3n) is 2.33. The molecule has 0 unspecified atom stereocenters. The Morgan fingerprint density at radius 3 is 2.35 bits per heavy atom. The lowest BCUT2D eigenvalue weighted by atomic mass is 10.1. The van der Waals surface area contributed by atoms with E-state index in [-0.39, 0.29) is 18.8 Å². The lowest BCUT2D eigenvalue weighted by Gasteiger charge is -2.00. The van der Waals surface area contributed by atoms with Crippen molar-refractivity contribution in [2.75, 3.05) is 13.7 Å². The lowest BCUT2D eigenvalue weighted by Crippen LogP contribution is -2.27. The van der Waals surface area contributed by atoms with Crippen LogP contribution >= 0.6 is 0 Å². The zero-order valence-corrected chi connectivity index (χ0v) is 12.6. The molecule has 1 rings (SSSR count). The van der Waals surface area contributed by atoms with Gasteiger partial charge in [0, 0.05) is 13.5 Å². The lowest BCUT2D eigenvalue weighted by molar-refractivity contribution is -0.134. The molecule has 0 aromatic heterocycles. The molecule has 23 heavy (non-hydrogen) atoms. The van der Waals surface area contributed by atoms with Gasteiger partial charge in [-0.2, -0.15) is 0 Å². The molecule has 0 saturated heterocycles. The zero-order valence-electron chi connectivity index (χ0n) is 12.6. The van der Waals surface area contributed by atoms with Crippen molar-refractivity contribution >= 4 is 24.0 Å². The van der Waals surface area contributed by atoms with Crippen LogP contribution in [0.5, 0.6) is 0 Å². The molecule has 0 atom stereocenters. The molecule has 4 N–H and O–H groups in total. The summed E-state index contributed by atoms with van der Waals surface area (Å²) in [7, 11) is 1.41. The highest BCUT2D eigenvalue weighted by Crippen LogP contribution is 1.99. The Kier molecular flexibility index (Phi) is 11.4. The number of nitrogens with one attached hydrogen (secondary N) is 3. The Morgan fingerprint density at radius 1 is 1.17 bits per heavy atom. The Hall–Kier alpha value is -2.78. The number of benzene rings is 1. The highest BCUT2D eigenvalue weighted by Gasteiger charge is 2.04. The minimum Gasteiger partial charge on any atom is -0.359 e. The first-order valence-corrected chi connectivity index (χ1v) is 6.53. The topological polar surface area (TPSA) is 134 Å². The van der Waals surface area contributed by atoms with E-state index in [0.717, 1.165) is 5.56 Å². The summed E-state index contributed by atoms with van der Waals surface area (Å²) in [4.78, 5) is 46.0. The van der Waals surface area contributed by atoms with Crippen molar-refractivity contribution in [3.63, 3.8) is 0 Å². The first kappa shape index (κ1) is 20.2. The molecule has 3 amide bonds. The van der Waals surface area contributed by atoms with E-state index >= 15 is 0 Å². The van der Waals surface area contributed by atoms with Crippen molar-refractivity contribution in [2.45, 2.75) is 12.8 Å². The first-order valence-electron chi connectivity index (χ1n) is 6.53. The average Bonchev–Trinajstić information content (AvgIpc) is 2.56. The molecule has 0 aliphatic rings. The zero-order chi connectivity index (χ0) is 17.5. The van der Waals surface area contributed by atoms with Crippen LogP contribution in [0.15, 0.2) is 30.3 Å². The molecule has 0 bridgehead atoms. The van der Waals surface area contributed by atoms with Gasteiger partial charge < -0.3 is 5.32 Å². The number of rotatable bonds is 8. The Morgan fingerprint density at radius 2 is 1.83 bits per heavy atom. The smallest absolute Gasteiger partial charge is 0.252 e. The monoisotopic (exact) mass is 325 g/mol. The van der Waals surface area contributed by atoms with Crippen molar-refractivity contribution < 1.29 is 29.2 Å². The van der Waals surface area contributed by atoms with Crippen LogP contribution in [0.4, 0.5) is 0 Å². The molecule has 9 heteroatoms. The molecular weight excluding hydrogens is 306 g/mol. The summed E-state index contributed by atoms with van der Waals surface area (Å²) in [6.45, 7) is -0.104. The number of amides is 3. The molecule has 0 heterocycles. The van der Waals surface area contributed by atoms with Crippen molar-refractivity contribution in [3.8, 4) is 0 Å². The SMILES string of the molecule is CNC(=O)CC(=O)NO.O=CNOCC(=O)Cc1ccccc1. The van der Waals surface area contributed by atoms with Crippen LogP contribution in [0.25, 0.3) is 0 Å². The Labute approximate surface area is 132 Å². The first-order chi connectivity index (χ1) is 11.0. The number of Topliss-reactive ketones (excluding diaryl/α,β-unsaturated/α-hetero) is 1. The number of carbonyl (C=O) groups excluding carboxylic acids is 4. The fraction of sp³-hybridized carbons (Fsp3) is 0.286. The van der Waals surface area contributed by atoms with Gasteiger partial charge in [-0.3, -0.25) is 29.2 Å². The molecule has 126 valence electrons. The van der Waals surface area contributed by atoms with E-state index < -0.39 is 11.8 Å². The van der Waals surface area contributed by atoms with E-state index in [1.807, 2.05) is 35.8 Å². The predicted octanol–water partition coefficient (Wildman–Crippen LogP) is -0.896. The average molecular weight is 325 g/mol. The van der Waals surface area contributed by atoms with Gasteiger partial charge in [-0.25, -0.2) is 11.0 Å². The summed E-state index contributed by atoms with van der Waals surface area (Å²) in [6, 6.07) is 9.36. The molecule has 0 fully saturated rings. The molecule has 1 aromatic carbocycles. The van der Waals surface area contributed by atoms with Gasteiger partial charge in [-0.05, 0) is 5.56 Å². The largest absolute Gasteiger partial charge is 0.359 e. The summed E-state index contributed by atoms with van der Waals surface area (Å²) >= 11 is 0. The van der Waals surface area contributed by atoms with Gasteiger partial charge in [0.15, 0.2) is 5.78 Å². The Balaban J connectivity index is 0.000000468. The van der Waals surface area contributed by atoms with Crippen molar-refractivity contribution in [1.82, 2.24) is 16.3 Å². The summed E-state index contributed by atoms with van der Waals surface area (Å²) in [6.07, 6.45) is 0.365. The van der Waals surface area contributed by atoms with Gasteiger partial charge in [0.1, 0.15) is 13.0 Å². The van der Waals surface area contributed by atoms with E-state index in [9.17, 15) is 19.2 Å². The van der Waals surface area contributed by atoms with Crippen LogP contribution in [0.3, 0.4) is 0 Å². The normalized spacial score (nSPS) is 8.96. The highest BCUT2D eigenvalue weighted by atomic mass is 16.6. The van der Waals surface area contributed by atoms with Gasteiger partial charge in [0.05, 0.1) is 0 Å². The molecule has 9 nitrogen and oxygen atoms in total.